The Morgan fingerprint density at radius 3 is 2.94 bits per heavy atom. The summed E-state index contributed by atoms with van der Waals surface area (Å²) in [5.41, 5.74) is 0.0239. The van der Waals surface area contributed by atoms with Crippen LogP contribution in [0.15, 0.2) is 23.0 Å². The van der Waals surface area contributed by atoms with Crippen LogP contribution in [0.4, 0.5) is 4.39 Å². The molecule has 0 bridgehead atoms. The second-order valence-electron chi connectivity index (χ2n) is 3.17. The van der Waals surface area contributed by atoms with E-state index in [-0.39, 0.29) is 0 Å². The van der Waals surface area contributed by atoms with Gasteiger partial charge in [-0.1, -0.05) is 6.07 Å². The fourth-order valence-electron chi connectivity index (χ4n) is 1.28. The van der Waals surface area contributed by atoms with E-state index in [0.29, 0.717) is 15.0 Å². The van der Waals surface area contributed by atoms with Gasteiger partial charge in [0, 0.05) is 0 Å². The standard InChI is InChI=1S/C8H7BFIN4O2/c9-7(10)17-5-3-1-2-4(6(5)11)15-8(16)12-13-14-15/h1-3,7H,9H2,(H,12,14,16). The van der Waals surface area contributed by atoms with E-state index >= 15 is 0 Å². The number of aromatic nitrogens is 4. The summed E-state index contributed by atoms with van der Waals surface area (Å²) in [6.45, 7) is 0. The monoisotopic (exact) mass is 348 g/mol. The van der Waals surface area contributed by atoms with Gasteiger partial charge in [0.1, 0.15) is 5.75 Å². The van der Waals surface area contributed by atoms with Gasteiger partial charge in [-0.25, -0.2) is 14.3 Å². The Morgan fingerprint density at radius 2 is 2.35 bits per heavy atom. The van der Waals surface area contributed by atoms with Gasteiger partial charge in [-0.2, -0.15) is 4.68 Å². The van der Waals surface area contributed by atoms with Gasteiger partial charge in [-0.15, -0.1) is 0 Å². The van der Waals surface area contributed by atoms with Crippen LogP contribution in [-0.2, 0) is 0 Å². The van der Waals surface area contributed by atoms with Gasteiger partial charge in [-0.3, -0.25) is 0 Å². The van der Waals surface area contributed by atoms with Crippen LogP contribution < -0.4 is 10.4 Å². The average molecular weight is 348 g/mol. The van der Waals surface area contributed by atoms with Crippen molar-refractivity contribution in [2.24, 2.45) is 0 Å². The van der Waals surface area contributed by atoms with Crippen molar-refractivity contribution in [3.05, 3.63) is 32.3 Å². The van der Waals surface area contributed by atoms with Gasteiger partial charge in [-0.05, 0) is 45.2 Å². The van der Waals surface area contributed by atoms with Crippen LogP contribution in [0.2, 0.25) is 0 Å². The summed E-state index contributed by atoms with van der Waals surface area (Å²) in [6.07, 6.45) is -1.42. The van der Waals surface area contributed by atoms with Gasteiger partial charge in [0.15, 0.2) is 14.1 Å². The lowest BCUT2D eigenvalue weighted by molar-refractivity contribution is 0.145. The normalized spacial score (nSPS) is 12.4. The first-order valence-electron chi connectivity index (χ1n) is 4.69. The van der Waals surface area contributed by atoms with Crippen molar-refractivity contribution in [3.8, 4) is 11.4 Å². The quantitative estimate of drug-likeness (QED) is 0.618. The molecule has 1 atom stereocenters. The smallest absolute Gasteiger partial charge is 0.365 e. The highest BCUT2D eigenvalue weighted by Crippen LogP contribution is 2.26. The first-order chi connectivity index (χ1) is 8.09. The highest BCUT2D eigenvalue weighted by atomic mass is 127. The summed E-state index contributed by atoms with van der Waals surface area (Å²) in [4.78, 5) is 11.4. The number of benzene rings is 1. The lowest BCUT2D eigenvalue weighted by Crippen LogP contribution is -2.18. The number of tetrazole rings is 1. The highest BCUT2D eigenvalue weighted by molar-refractivity contribution is 14.1. The Hall–Kier alpha value is -1.39. The molecule has 0 spiro atoms. The predicted molar refractivity (Wildman–Crippen MR) is 68.8 cm³/mol. The van der Waals surface area contributed by atoms with Crippen LogP contribution >= 0.6 is 22.6 Å². The largest absolute Gasteiger partial charge is 0.468 e. The maximum atomic E-state index is 12.8. The molecule has 1 aromatic heterocycles. The van der Waals surface area contributed by atoms with Crippen molar-refractivity contribution >= 4 is 30.4 Å². The molecule has 17 heavy (non-hydrogen) atoms. The number of ether oxygens (including phenoxy) is 1. The molecule has 1 aromatic carbocycles. The molecule has 0 amide bonds. The second kappa shape index (κ2) is 4.86. The number of alkyl halides is 1. The van der Waals surface area contributed by atoms with Crippen molar-refractivity contribution in [1.29, 1.82) is 0 Å². The first-order valence-corrected chi connectivity index (χ1v) is 5.77. The van der Waals surface area contributed by atoms with E-state index in [1.807, 2.05) is 22.6 Å². The predicted octanol–water partition coefficient (Wildman–Crippen LogP) is -0.175. The number of hydrogen-bond donors (Lipinski definition) is 1. The third-order valence-corrected chi connectivity index (χ3v) is 3.02. The third-order valence-electron chi connectivity index (χ3n) is 1.93. The topological polar surface area (TPSA) is 72.8 Å². The molecule has 6 nitrogen and oxygen atoms in total. The van der Waals surface area contributed by atoms with Crippen LogP contribution in [0.3, 0.4) is 0 Å². The highest BCUT2D eigenvalue weighted by Gasteiger charge is 2.13. The van der Waals surface area contributed by atoms with E-state index in [2.05, 4.69) is 15.5 Å². The number of nitrogens with zero attached hydrogens (tertiary/aromatic N) is 3. The molecule has 0 aliphatic carbocycles. The molecule has 1 heterocycles. The van der Waals surface area contributed by atoms with Gasteiger partial charge in [0.25, 0.3) is 0 Å². The SMILES string of the molecule is BC(F)Oc1cccc(-n2nn[nH]c2=O)c1I. The molecular formula is C8H7BFIN4O2. The van der Waals surface area contributed by atoms with Crippen LogP contribution in [0.1, 0.15) is 0 Å². The van der Waals surface area contributed by atoms with Crippen LogP contribution in [0.25, 0.3) is 5.69 Å². The number of nitrogens with one attached hydrogen (secondary N) is 1. The summed E-state index contributed by atoms with van der Waals surface area (Å²) < 4.78 is 19.4. The molecule has 0 aliphatic heterocycles. The lowest BCUT2D eigenvalue weighted by atomic mass is 10.2. The Kier molecular flexibility index (Phi) is 3.45. The molecule has 88 valence electrons. The summed E-state index contributed by atoms with van der Waals surface area (Å²) in [7, 11) is 1.28. The fraction of sp³-hybridized carbons (Fsp3) is 0.125. The molecule has 0 saturated carbocycles. The number of aromatic amines is 1. The minimum atomic E-state index is -1.42. The molecule has 0 saturated heterocycles. The molecule has 0 aliphatic rings. The Balaban J connectivity index is 2.50. The van der Waals surface area contributed by atoms with Crippen LogP contribution in [-0.4, -0.2) is 34.3 Å². The van der Waals surface area contributed by atoms with E-state index in [4.69, 9.17) is 4.74 Å². The molecule has 0 fully saturated rings. The summed E-state index contributed by atoms with van der Waals surface area (Å²) in [5.74, 6) is 0.355. The Labute approximate surface area is 110 Å². The van der Waals surface area contributed by atoms with E-state index < -0.39 is 11.9 Å². The zero-order valence-electron chi connectivity index (χ0n) is 8.72. The van der Waals surface area contributed by atoms with Crippen molar-refractivity contribution < 1.29 is 9.13 Å². The molecule has 9 heteroatoms. The second-order valence-corrected chi connectivity index (χ2v) is 4.25. The minimum absolute atomic E-state index is 0.355. The third kappa shape index (κ3) is 2.48. The average Bonchev–Trinajstić information content (AvgIpc) is 2.67. The number of hydrogen-bond acceptors (Lipinski definition) is 4. The number of halogens is 2. The van der Waals surface area contributed by atoms with Gasteiger partial charge in [0.2, 0.25) is 0 Å². The molecule has 2 rings (SSSR count). The molecule has 2 aromatic rings. The Bertz CT molecular complexity index is 585. The van der Waals surface area contributed by atoms with Crippen molar-refractivity contribution in [1.82, 2.24) is 20.2 Å². The van der Waals surface area contributed by atoms with E-state index in [1.165, 1.54) is 7.85 Å². The Morgan fingerprint density at radius 1 is 1.59 bits per heavy atom. The number of rotatable bonds is 3. The first kappa shape index (κ1) is 12.1. The van der Waals surface area contributed by atoms with Crippen molar-refractivity contribution in [3.63, 3.8) is 0 Å². The van der Waals surface area contributed by atoms with E-state index in [1.54, 1.807) is 18.2 Å². The molecular weight excluding hydrogens is 341 g/mol. The van der Waals surface area contributed by atoms with Gasteiger partial charge < -0.3 is 4.74 Å². The molecule has 1 N–H and O–H groups in total. The van der Waals surface area contributed by atoms with Crippen LogP contribution in [0, 0.1) is 3.57 Å². The number of H-pyrrole nitrogens is 1. The molecule has 1 unspecified atom stereocenters. The fourth-order valence-corrected chi connectivity index (χ4v) is 2.00. The maximum absolute atomic E-state index is 12.8. The summed E-state index contributed by atoms with van der Waals surface area (Å²) in [6, 6.07) is 4.93. The van der Waals surface area contributed by atoms with Gasteiger partial charge in [0.05, 0.1) is 9.26 Å². The van der Waals surface area contributed by atoms with Crippen molar-refractivity contribution in [2.45, 2.75) is 6.26 Å². The lowest BCUT2D eigenvalue weighted by Gasteiger charge is -2.11. The van der Waals surface area contributed by atoms with Crippen LogP contribution in [0.5, 0.6) is 5.75 Å². The van der Waals surface area contributed by atoms with Gasteiger partial charge >= 0.3 is 5.69 Å². The minimum Gasteiger partial charge on any atom is -0.468 e. The summed E-state index contributed by atoms with van der Waals surface area (Å²) in [5, 5.41) is 9.18. The molecule has 0 radical (unpaired) electrons. The summed E-state index contributed by atoms with van der Waals surface area (Å²) >= 11 is 1.96. The zero-order chi connectivity index (χ0) is 12.4. The zero-order valence-corrected chi connectivity index (χ0v) is 10.9. The van der Waals surface area contributed by atoms with E-state index in [0.717, 1.165) is 4.68 Å². The maximum Gasteiger partial charge on any atom is 0.365 e. The van der Waals surface area contributed by atoms with Crippen molar-refractivity contribution in [2.75, 3.05) is 0 Å². The van der Waals surface area contributed by atoms with E-state index in [9.17, 15) is 9.18 Å².